The zero-order valence-corrected chi connectivity index (χ0v) is 8.99. The van der Waals surface area contributed by atoms with E-state index in [1.54, 1.807) is 0 Å². The van der Waals surface area contributed by atoms with Gasteiger partial charge in [-0.1, -0.05) is 0 Å². The van der Waals surface area contributed by atoms with E-state index in [0.29, 0.717) is 12.1 Å². The number of nitriles is 1. The number of halogens is 4. The van der Waals surface area contributed by atoms with Crippen molar-refractivity contribution < 1.29 is 21.6 Å². The molecular weight excluding hydrogens is 267 g/mol. The maximum Gasteiger partial charge on any atom is 0.416 e. The zero-order valence-electron chi connectivity index (χ0n) is 7.42. The summed E-state index contributed by atoms with van der Waals surface area (Å²) in [5.41, 5.74) is -1.65. The average molecular weight is 270 g/mol. The van der Waals surface area contributed by atoms with Crippen molar-refractivity contribution in [3.05, 3.63) is 29.3 Å². The van der Waals surface area contributed by atoms with E-state index >= 15 is 0 Å². The molecule has 0 atom stereocenters. The Morgan fingerprint density at radius 3 is 2.19 bits per heavy atom. The molecule has 0 aliphatic heterocycles. The lowest BCUT2D eigenvalue weighted by Crippen LogP contribution is -2.07. The van der Waals surface area contributed by atoms with Crippen molar-refractivity contribution in [3.63, 3.8) is 0 Å². The Morgan fingerprint density at radius 1 is 1.25 bits per heavy atom. The summed E-state index contributed by atoms with van der Waals surface area (Å²) >= 11 is 0. The predicted octanol–water partition coefficient (Wildman–Crippen LogP) is 2.50. The third-order valence-electron chi connectivity index (χ3n) is 1.64. The smallest absolute Gasteiger partial charge is 0.207 e. The SMILES string of the molecule is N#Cc1cc(C(F)(F)F)cc(S(=O)(=O)Cl)c1. The molecule has 1 aromatic rings. The molecule has 0 aliphatic carbocycles. The first-order valence-electron chi connectivity index (χ1n) is 3.71. The maximum absolute atomic E-state index is 12.3. The number of hydrogen-bond acceptors (Lipinski definition) is 3. The molecule has 1 aromatic carbocycles. The zero-order chi connectivity index (χ0) is 12.6. The van der Waals surface area contributed by atoms with Crippen LogP contribution in [0.3, 0.4) is 0 Å². The van der Waals surface area contributed by atoms with Crippen molar-refractivity contribution in [2.75, 3.05) is 0 Å². The summed E-state index contributed by atoms with van der Waals surface area (Å²) in [7, 11) is 0.608. The van der Waals surface area contributed by atoms with Crippen LogP contribution in [0, 0.1) is 11.3 Å². The molecule has 0 amide bonds. The Kier molecular flexibility index (Phi) is 3.17. The Morgan fingerprint density at radius 2 is 1.81 bits per heavy atom. The van der Waals surface area contributed by atoms with Gasteiger partial charge in [0.25, 0.3) is 9.05 Å². The van der Waals surface area contributed by atoms with Crippen LogP contribution in [-0.2, 0) is 15.2 Å². The van der Waals surface area contributed by atoms with E-state index in [2.05, 4.69) is 0 Å². The third kappa shape index (κ3) is 2.87. The predicted molar refractivity (Wildman–Crippen MR) is 49.2 cm³/mol. The maximum atomic E-state index is 12.3. The van der Waals surface area contributed by atoms with Gasteiger partial charge >= 0.3 is 6.18 Å². The van der Waals surface area contributed by atoms with E-state index in [1.165, 1.54) is 6.07 Å². The van der Waals surface area contributed by atoms with Crippen LogP contribution in [0.15, 0.2) is 23.1 Å². The first kappa shape index (κ1) is 12.8. The van der Waals surface area contributed by atoms with Gasteiger partial charge in [-0.25, -0.2) is 8.42 Å². The van der Waals surface area contributed by atoms with Gasteiger partial charge in [-0.3, -0.25) is 0 Å². The standard InChI is InChI=1S/C8H3ClF3NO2S/c9-16(14,15)7-2-5(4-13)1-6(3-7)8(10,11)12/h1-3H. The van der Waals surface area contributed by atoms with E-state index < -0.39 is 31.2 Å². The summed E-state index contributed by atoms with van der Waals surface area (Å²) < 4.78 is 58.7. The van der Waals surface area contributed by atoms with Crippen LogP contribution in [0.5, 0.6) is 0 Å². The van der Waals surface area contributed by atoms with Gasteiger partial charge in [-0.15, -0.1) is 0 Å². The molecule has 0 radical (unpaired) electrons. The fourth-order valence-corrected chi connectivity index (χ4v) is 1.77. The first-order chi connectivity index (χ1) is 7.14. The molecule has 1 rings (SSSR count). The molecule has 0 spiro atoms. The second-order valence-electron chi connectivity index (χ2n) is 2.79. The minimum absolute atomic E-state index is 0.378. The molecule has 0 saturated heterocycles. The van der Waals surface area contributed by atoms with Crippen molar-refractivity contribution in [3.8, 4) is 6.07 Å². The molecule has 0 aliphatic rings. The Bertz CT molecular complexity index is 560. The van der Waals surface area contributed by atoms with Gasteiger partial charge in [0.15, 0.2) is 0 Å². The van der Waals surface area contributed by atoms with Crippen molar-refractivity contribution in [2.45, 2.75) is 11.1 Å². The summed E-state index contributed by atoms with van der Waals surface area (Å²) in [6, 6.07) is 3.13. The van der Waals surface area contributed by atoms with Crippen LogP contribution in [0.2, 0.25) is 0 Å². The number of rotatable bonds is 1. The van der Waals surface area contributed by atoms with Crippen molar-refractivity contribution in [1.29, 1.82) is 5.26 Å². The summed E-state index contributed by atoms with van der Waals surface area (Å²) in [5, 5.41) is 8.46. The largest absolute Gasteiger partial charge is 0.416 e. The number of alkyl halides is 3. The summed E-state index contributed by atoms with van der Waals surface area (Å²) in [6.07, 6.45) is -4.73. The monoisotopic (exact) mass is 269 g/mol. The molecule has 0 unspecified atom stereocenters. The fourth-order valence-electron chi connectivity index (χ4n) is 0.968. The topological polar surface area (TPSA) is 57.9 Å². The molecule has 0 aromatic heterocycles. The van der Waals surface area contributed by atoms with E-state index in [4.69, 9.17) is 15.9 Å². The molecule has 0 saturated carbocycles. The van der Waals surface area contributed by atoms with Gasteiger partial charge in [0.1, 0.15) is 0 Å². The van der Waals surface area contributed by atoms with Gasteiger partial charge < -0.3 is 0 Å². The van der Waals surface area contributed by atoms with Crippen LogP contribution < -0.4 is 0 Å². The second-order valence-corrected chi connectivity index (χ2v) is 5.36. The van der Waals surface area contributed by atoms with Gasteiger partial charge in [-0.05, 0) is 18.2 Å². The minimum atomic E-state index is -4.73. The number of hydrogen-bond donors (Lipinski definition) is 0. The lowest BCUT2D eigenvalue weighted by atomic mass is 10.1. The molecule has 0 bridgehead atoms. The van der Waals surface area contributed by atoms with E-state index in [0.717, 1.165) is 6.07 Å². The fraction of sp³-hybridized carbons (Fsp3) is 0.125. The van der Waals surface area contributed by atoms with Gasteiger partial charge in [-0.2, -0.15) is 18.4 Å². The van der Waals surface area contributed by atoms with Crippen molar-refractivity contribution in [2.24, 2.45) is 0 Å². The highest BCUT2D eigenvalue weighted by Gasteiger charge is 2.32. The molecular formula is C8H3ClF3NO2S. The molecule has 0 fully saturated rings. The second kappa shape index (κ2) is 3.96. The van der Waals surface area contributed by atoms with Gasteiger partial charge in [0.2, 0.25) is 0 Å². The molecule has 16 heavy (non-hydrogen) atoms. The molecule has 3 nitrogen and oxygen atoms in total. The van der Waals surface area contributed by atoms with Crippen molar-refractivity contribution >= 4 is 19.7 Å². The quantitative estimate of drug-likeness (QED) is 0.736. The van der Waals surface area contributed by atoms with Gasteiger partial charge in [0.05, 0.1) is 22.1 Å². The van der Waals surface area contributed by atoms with Crippen molar-refractivity contribution in [1.82, 2.24) is 0 Å². The third-order valence-corrected chi connectivity index (χ3v) is 2.98. The lowest BCUT2D eigenvalue weighted by Gasteiger charge is -2.08. The average Bonchev–Trinajstić information content (AvgIpc) is 2.14. The molecule has 0 N–H and O–H groups in total. The number of benzene rings is 1. The normalized spacial score (nSPS) is 12.2. The molecule has 86 valence electrons. The first-order valence-corrected chi connectivity index (χ1v) is 6.02. The summed E-state index contributed by atoms with van der Waals surface area (Å²) in [5.74, 6) is 0. The van der Waals surface area contributed by atoms with Crippen LogP contribution in [-0.4, -0.2) is 8.42 Å². The van der Waals surface area contributed by atoms with E-state index in [9.17, 15) is 21.6 Å². The van der Waals surface area contributed by atoms with E-state index in [1.807, 2.05) is 0 Å². The van der Waals surface area contributed by atoms with Crippen LogP contribution in [0.25, 0.3) is 0 Å². The number of nitrogens with zero attached hydrogens (tertiary/aromatic N) is 1. The highest BCUT2D eigenvalue weighted by molar-refractivity contribution is 8.13. The van der Waals surface area contributed by atoms with Crippen LogP contribution >= 0.6 is 10.7 Å². The highest BCUT2D eigenvalue weighted by Crippen LogP contribution is 2.32. The van der Waals surface area contributed by atoms with Crippen LogP contribution in [0.1, 0.15) is 11.1 Å². The Balaban J connectivity index is 3.53. The molecule has 8 heteroatoms. The van der Waals surface area contributed by atoms with E-state index in [-0.39, 0.29) is 0 Å². The van der Waals surface area contributed by atoms with Crippen LogP contribution in [0.4, 0.5) is 13.2 Å². The summed E-state index contributed by atoms with van der Waals surface area (Å²) in [4.78, 5) is -0.749. The lowest BCUT2D eigenvalue weighted by molar-refractivity contribution is -0.137. The summed E-state index contributed by atoms with van der Waals surface area (Å²) in [6.45, 7) is 0. The molecule has 0 heterocycles. The Labute approximate surface area is 93.5 Å². The minimum Gasteiger partial charge on any atom is -0.207 e. The highest BCUT2D eigenvalue weighted by atomic mass is 35.7. The van der Waals surface area contributed by atoms with Gasteiger partial charge in [0, 0.05) is 10.7 Å². The Hall–Kier alpha value is -1.26.